The molecule has 0 aliphatic rings. The third kappa shape index (κ3) is 58.4. The fourth-order valence-electron chi connectivity index (χ4n) is 1.25. The Labute approximate surface area is 205 Å². The molecule has 0 atom stereocenters. The number of hydrogen-bond donors (Lipinski definition) is 0. The quantitative estimate of drug-likeness (QED) is 0.328. The van der Waals surface area contributed by atoms with Crippen LogP contribution in [0.15, 0.2) is 60.7 Å². The smallest absolute Gasteiger partial charge is 0.0307 e. The lowest BCUT2D eigenvalue weighted by Crippen LogP contribution is -1.73. The molecule has 1 heteroatoms. The van der Waals surface area contributed by atoms with Crippen LogP contribution in [0.2, 0.25) is 0 Å². The Morgan fingerprint density at radius 1 is 0.483 bits per heavy atom. The molecule has 2 rings (SSSR count). The van der Waals surface area contributed by atoms with Crippen LogP contribution in [0.5, 0.6) is 0 Å². The summed E-state index contributed by atoms with van der Waals surface area (Å²) in [5.41, 5.74) is 2.73. The molecule has 0 saturated heterocycles. The van der Waals surface area contributed by atoms with Gasteiger partial charge in [0.1, 0.15) is 0 Å². The zero-order chi connectivity index (χ0) is 23.6. The van der Waals surface area contributed by atoms with Crippen molar-refractivity contribution >= 4 is 24.0 Å². The van der Waals surface area contributed by atoms with Crippen LogP contribution in [0.1, 0.15) is 108 Å². The number of rotatable bonds is 1. The predicted octanol–water partition coefficient (Wildman–Crippen LogP) is 11.4. The highest BCUT2D eigenvalue weighted by atomic mass is 127. The molecule has 176 valence electrons. The summed E-state index contributed by atoms with van der Waals surface area (Å²) in [4.78, 5) is 0. The van der Waals surface area contributed by atoms with Gasteiger partial charge >= 0.3 is 0 Å². The maximum absolute atomic E-state index is 2.16. The summed E-state index contributed by atoms with van der Waals surface area (Å²) in [5.74, 6) is 0. The van der Waals surface area contributed by atoms with Crippen LogP contribution in [0.25, 0.3) is 0 Å². The van der Waals surface area contributed by atoms with Crippen molar-refractivity contribution in [1.82, 2.24) is 0 Å². The van der Waals surface area contributed by atoms with Crippen molar-refractivity contribution in [3.8, 4) is 0 Å². The van der Waals surface area contributed by atoms with E-state index in [-0.39, 0.29) is 24.0 Å². The van der Waals surface area contributed by atoms with Gasteiger partial charge in [-0.1, -0.05) is 163 Å². The summed E-state index contributed by atoms with van der Waals surface area (Å²) in [5, 5.41) is 0. The van der Waals surface area contributed by atoms with Crippen molar-refractivity contribution in [1.29, 1.82) is 0 Å². The molecule has 0 fully saturated rings. The maximum Gasteiger partial charge on any atom is -0.0307 e. The highest BCUT2D eigenvalue weighted by Crippen LogP contribution is 1.96. The van der Waals surface area contributed by atoms with E-state index in [1.807, 2.05) is 93.5 Å². The monoisotopic (exact) mass is 520 g/mol. The first kappa shape index (κ1) is 46.4. The third-order valence-corrected chi connectivity index (χ3v) is 2.19. The average molecular weight is 521 g/mol. The van der Waals surface area contributed by atoms with E-state index in [1.165, 1.54) is 17.5 Å². The second kappa shape index (κ2) is 63.1. The molecule has 0 unspecified atom stereocenters. The molecule has 0 heterocycles. The lowest BCUT2D eigenvalue weighted by molar-refractivity contribution is 1.09. The molecule has 0 aromatic heterocycles. The molecule has 0 spiro atoms. The third-order valence-electron chi connectivity index (χ3n) is 2.19. The van der Waals surface area contributed by atoms with Crippen LogP contribution in [0.4, 0.5) is 0 Å². The van der Waals surface area contributed by atoms with Gasteiger partial charge in [-0.05, 0) is 18.9 Å². The molecular formula is C28H57I. The van der Waals surface area contributed by atoms with E-state index in [1.54, 1.807) is 0 Å². The fourth-order valence-corrected chi connectivity index (χ4v) is 1.25. The van der Waals surface area contributed by atoms with Crippen LogP contribution in [-0.4, -0.2) is 0 Å². The first-order valence-electron chi connectivity index (χ1n) is 11.8. The summed E-state index contributed by atoms with van der Waals surface area (Å²) in [6.45, 7) is 28.5. The molecule has 0 saturated carbocycles. The second-order valence-corrected chi connectivity index (χ2v) is 4.20. The van der Waals surface area contributed by atoms with E-state index < -0.39 is 0 Å². The fraction of sp³-hybridized carbons (Fsp3) is 0.571. The Balaban J connectivity index is -0.0000000423. The van der Waals surface area contributed by atoms with Crippen molar-refractivity contribution in [2.24, 2.45) is 0 Å². The highest BCUT2D eigenvalue weighted by Gasteiger charge is 1.80. The molecule has 0 radical (unpaired) electrons. The zero-order valence-corrected chi connectivity index (χ0v) is 24.9. The highest BCUT2D eigenvalue weighted by molar-refractivity contribution is 14.0. The molecule has 0 amide bonds. The van der Waals surface area contributed by atoms with E-state index in [0.717, 1.165) is 6.42 Å². The van der Waals surface area contributed by atoms with E-state index in [2.05, 4.69) is 64.1 Å². The number of halogens is 1. The molecule has 0 bridgehead atoms. The van der Waals surface area contributed by atoms with Gasteiger partial charge < -0.3 is 0 Å². The molecule has 29 heavy (non-hydrogen) atoms. The van der Waals surface area contributed by atoms with Crippen molar-refractivity contribution in [2.45, 2.75) is 110 Å². The van der Waals surface area contributed by atoms with Crippen LogP contribution in [0, 0.1) is 6.92 Å². The summed E-state index contributed by atoms with van der Waals surface area (Å²) in [6, 6.07) is 20.7. The van der Waals surface area contributed by atoms with Gasteiger partial charge in [0.05, 0.1) is 0 Å². The lowest BCUT2D eigenvalue weighted by Gasteiger charge is -1.89. The number of aryl methyl sites for hydroxylation is 2. The summed E-state index contributed by atoms with van der Waals surface area (Å²) < 4.78 is 0. The van der Waals surface area contributed by atoms with Crippen molar-refractivity contribution in [3.05, 3.63) is 71.8 Å². The standard InChI is InChI=1S/C8H10.C7H8.C3H8.5C2H6.HI/c1-2-8-6-4-3-5-7-8;1-7-5-3-2-4-6-7;1-3-2;5*1-2;/h3-7H,2H2,1H3;2-6H,1H3;3H2,1-2H3;5*1-2H3;1H. The summed E-state index contributed by atoms with van der Waals surface area (Å²) in [6.07, 6.45) is 2.39. The van der Waals surface area contributed by atoms with E-state index in [0.29, 0.717) is 0 Å². The van der Waals surface area contributed by atoms with Crippen molar-refractivity contribution < 1.29 is 0 Å². The molecule has 0 aliphatic heterocycles. The molecule has 0 aliphatic carbocycles. The number of hydrogen-bond acceptors (Lipinski definition) is 0. The molecule has 0 nitrogen and oxygen atoms in total. The SMILES string of the molecule is CC.CC.CC.CC.CC.CCC.CCc1ccccc1.Cc1ccccc1.I. The average Bonchev–Trinajstić information content (AvgIpc) is 2.82. The predicted molar refractivity (Wildman–Crippen MR) is 155 cm³/mol. The van der Waals surface area contributed by atoms with Crippen LogP contribution in [0.3, 0.4) is 0 Å². The topological polar surface area (TPSA) is 0 Å². The Kier molecular flexibility index (Phi) is 101. The normalized spacial score (nSPS) is 6.28. The van der Waals surface area contributed by atoms with Crippen LogP contribution in [-0.2, 0) is 6.42 Å². The molecule has 2 aromatic carbocycles. The van der Waals surface area contributed by atoms with Gasteiger partial charge in [0.2, 0.25) is 0 Å². The van der Waals surface area contributed by atoms with Gasteiger partial charge in [0.15, 0.2) is 0 Å². The van der Waals surface area contributed by atoms with Crippen molar-refractivity contribution in [2.75, 3.05) is 0 Å². The van der Waals surface area contributed by atoms with Crippen LogP contribution >= 0.6 is 24.0 Å². The zero-order valence-electron chi connectivity index (χ0n) is 22.6. The maximum atomic E-state index is 2.16. The first-order valence-corrected chi connectivity index (χ1v) is 11.8. The second-order valence-electron chi connectivity index (χ2n) is 4.20. The molecular weight excluding hydrogens is 463 g/mol. The first-order chi connectivity index (χ1) is 13.7. The van der Waals surface area contributed by atoms with Crippen LogP contribution < -0.4 is 0 Å². The Morgan fingerprint density at radius 3 is 0.862 bits per heavy atom. The van der Waals surface area contributed by atoms with Gasteiger partial charge in [-0.2, -0.15) is 0 Å². The van der Waals surface area contributed by atoms with Gasteiger partial charge in [-0.3, -0.25) is 0 Å². The van der Waals surface area contributed by atoms with Gasteiger partial charge in [-0.25, -0.2) is 0 Å². The Bertz CT molecular complexity index is 368. The Hall–Kier alpha value is -0.830. The van der Waals surface area contributed by atoms with Crippen molar-refractivity contribution in [3.63, 3.8) is 0 Å². The van der Waals surface area contributed by atoms with E-state index >= 15 is 0 Å². The van der Waals surface area contributed by atoms with Gasteiger partial charge in [-0.15, -0.1) is 24.0 Å². The minimum atomic E-state index is 0. The summed E-state index contributed by atoms with van der Waals surface area (Å²) >= 11 is 0. The minimum absolute atomic E-state index is 0. The summed E-state index contributed by atoms with van der Waals surface area (Å²) in [7, 11) is 0. The number of benzene rings is 2. The minimum Gasteiger partial charge on any atom is -0.107 e. The van der Waals surface area contributed by atoms with E-state index in [4.69, 9.17) is 0 Å². The van der Waals surface area contributed by atoms with Gasteiger partial charge in [0, 0.05) is 0 Å². The lowest BCUT2D eigenvalue weighted by atomic mass is 10.2. The Morgan fingerprint density at radius 2 is 0.724 bits per heavy atom. The largest absolute Gasteiger partial charge is 0.107 e. The van der Waals surface area contributed by atoms with Gasteiger partial charge in [0.25, 0.3) is 0 Å². The van der Waals surface area contributed by atoms with E-state index in [9.17, 15) is 0 Å². The molecule has 2 aromatic rings. The molecule has 0 N–H and O–H groups in total.